The van der Waals surface area contributed by atoms with Crippen LogP contribution in [0.15, 0.2) is 104 Å². The zero-order valence-corrected chi connectivity index (χ0v) is 21.8. The first-order chi connectivity index (χ1) is 17.4. The van der Waals surface area contributed by atoms with Gasteiger partial charge in [-0.3, -0.25) is 4.90 Å². The molecule has 6 rings (SSSR count). The summed E-state index contributed by atoms with van der Waals surface area (Å²) in [7, 11) is -7.55. The lowest BCUT2D eigenvalue weighted by molar-refractivity contribution is 0.158. The molecule has 0 unspecified atom stereocenters. The van der Waals surface area contributed by atoms with E-state index >= 15 is 0 Å². The number of nitrogens with zero attached hydrogens (tertiary/aromatic N) is 2. The van der Waals surface area contributed by atoms with E-state index in [1.807, 2.05) is 0 Å². The average molecular weight is 537 g/mol. The predicted molar refractivity (Wildman–Crippen MR) is 140 cm³/mol. The lowest BCUT2D eigenvalue weighted by atomic mass is 10.0. The fourth-order valence-electron chi connectivity index (χ4n) is 5.15. The van der Waals surface area contributed by atoms with E-state index in [0.29, 0.717) is 26.2 Å². The Bertz CT molecular complexity index is 1590. The van der Waals surface area contributed by atoms with E-state index in [4.69, 9.17) is 0 Å². The molecule has 1 aliphatic carbocycles. The van der Waals surface area contributed by atoms with Gasteiger partial charge >= 0.3 is 0 Å². The zero-order valence-electron chi connectivity index (χ0n) is 19.3. The van der Waals surface area contributed by atoms with Crippen molar-refractivity contribution in [3.8, 4) is 11.1 Å². The van der Waals surface area contributed by atoms with Crippen LogP contribution in [-0.2, 0) is 19.9 Å². The van der Waals surface area contributed by atoms with Crippen LogP contribution in [0.1, 0.15) is 17.2 Å². The van der Waals surface area contributed by atoms with Crippen molar-refractivity contribution in [3.05, 3.63) is 102 Å². The van der Waals surface area contributed by atoms with Gasteiger partial charge in [0.25, 0.3) is 10.0 Å². The minimum Gasteiger partial charge on any atom is -0.290 e. The molecule has 3 aromatic carbocycles. The maximum Gasteiger partial charge on any atom is 0.252 e. The van der Waals surface area contributed by atoms with Gasteiger partial charge in [0.05, 0.1) is 10.9 Å². The molecule has 0 spiro atoms. The molecule has 2 aliphatic rings. The summed E-state index contributed by atoms with van der Waals surface area (Å²) in [6, 6.07) is 27.8. The third-order valence-electron chi connectivity index (χ3n) is 6.91. The Hall–Kier alpha value is -2.82. The van der Waals surface area contributed by atoms with Crippen LogP contribution in [0.25, 0.3) is 11.1 Å². The fraction of sp³-hybridized carbons (Fsp3) is 0.185. The number of piperazine rings is 1. The largest absolute Gasteiger partial charge is 0.290 e. The van der Waals surface area contributed by atoms with E-state index in [0.717, 1.165) is 11.3 Å². The van der Waals surface area contributed by atoms with Crippen molar-refractivity contribution >= 4 is 31.2 Å². The van der Waals surface area contributed by atoms with Gasteiger partial charge in [-0.25, -0.2) is 16.8 Å². The smallest absolute Gasteiger partial charge is 0.252 e. The van der Waals surface area contributed by atoms with E-state index in [-0.39, 0.29) is 19.4 Å². The van der Waals surface area contributed by atoms with Gasteiger partial charge < -0.3 is 0 Å². The van der Waals surface area contributed by atoms with Gasteiger partial charge in [0.15, 0.2) is 0 Å². The van der Waals surface area contributed by atoms with E-state index in [9.17, 15) is 16.8 Å². The number of rotatable bonds is 5. The average Bonchev–Trinajstić information content (AvgIpc) is 3.54. The molecule has 4 aromatic rings. The normalized spacial score (nSPS) is 17.1. The van der Waals surface area contributed by atoms with Crippen molar-refractivity contribution in [1.29, 1.82) is 0 Å². The molecule has 1 saturated heterocycles. The Balaban J connectivity index is 1.22. The zero-order chi connectivity index (χ0) is 24.9. The van der Waals surface area contributed by atoms with Crippen LogP contribution in [0.5, 0.6) is 0 Å². The molecule has 0 bridgehead atoms. The number of benzene rings is 3. The molecule has 6 nitrogen and oxygen atoms in total. The highest BCUT2D eigenvalue weighted by Gasteiger charge is 2.37. The fourth-order valence-corrected chi connectivity index (χ4v) is 9.92. The summed E-state index contributed by atoms with van der Waals surface area (Å²) in [5.74, 6) is 0. The van der Waals surface area contributed by atoms with Crippen LogP contribution in [0.4, 0.5) is 0 Å². The van der Waals surface area contributed by atoms with Crippen LogP contribution in [-0.4, -0.2) is 52.2 Å². The lowest BCUT2D eigenvalue weighted by Gasteiger charge is -2.38. The van der Waals surface area contributed by atoms with Crippen molar-refractivity contribution in [2.24, 2.45) is 0 Å². The second-order valence-corrected chi connectivity index (χ2v) is 14.3. The number of sulfone groups is 1. The first-order valence-electron chi connectivity index (χ1n) is 11.7. The Morgan fingerprint density at radius 2 is 1.14 bits per heavy atom. The topological polar surface area (TPSA) is 74.8 Å². The summed E-state index contributed by atoms with van der Waals surface area (Å²) >= 11 is 0.812. The number of thiophene rings is 1. The molecule has 0 amide bonds. The van der Waals surface area contributed by atoms with Crippen LogP contribution < -0.4 is 0 Å². The maximum atomic E-state index is 13.4. The first kappa shape index (κ1) is 23.6. The minimum atomic E-state index is -3.79. The Labute approximate surface area is 215 Å². The van der Waals surface area contributed by atoms with Gasteiger partial charge in [0.2, 0.25) is 9.84 Å². The summed E-state index contributed by atoms with van der Waals surface area (Å²) in [5.41, 5.74) is 4.98. The molecular formula is C27H24N2O4S3. The summed E-state index contributed by atoms with van der Waals surface area (Å²) in [6.45, 7) is 1.88. The van der Waals surface area contributed by atoms with Gasteiger partial charge in [-0.1, -0.05) is 66.7 Å². The quantitative estimate of drug-likeness (QED) is 0.371. The summed E-state index contributed by atoms with van der Waals surface area (Å²) in [6.07, 6.45) is 0. The van der Waals surface area contributed by atoms with Gasteiger partial charge in [0, 0.05) is 26.2 Å². The third-order valence-corrected chi connectivity index (χ3v) is 12.6. The molecule has 0 atom stereocenters. The van der Waals surface area contributed by atoms with Crippen LogP contribution >= 0.6 is 11.3 Å². The molecule has 2 heterocycles. The summed E-state index contributed by atoms with van der Waals surface area (Å²) < 4.78 is 54.3. The molecule has 9 heteroatoms. The van der Waals surface area contributed by atoms with Crippen molar-refractivity contribution in [3.63, 3.8) is 0 Å². The highest BCUT2D eigenvalue weighted by molar-refractivity contribution is 7.95. The van der Waals surface area contributed by atoms with Crippen LogP contribution in [0.2, 0.25) is 0 Å². The van der Waals surface area contributed by atoms with E-state index < -0.39 is 19.9 Å². The number of hydrogen-bond donors (Lipinski definition) is 0. The SMILES string of the molecule is O=S(=O)(c1ccccc1)c1ccc(S(=O)(=O)N2CCN(C3c4ccccc4-c4ccccc43)CC2)s1. The van der Waals surface area contributed by atoms with E-state index in [1.54, 1.807) is 18.2 Å². The minimum absolute atomic E-state index is 0.0325. The van der Waals surface area contributed by atoms with Crippen molar-refractivity contribution < 1.29 is 16.8 Å². The second kappa shape index (κ2) is 8.93. The Kier molecular flexibility index (Phi) is 5.85. The Morgan fingerprint density at radius 1 is 0.611 bits per heavy atom. The lowest BCUT2D eigenvalue weighted by Crippen LogP contribution is -2.49. The summed E-state index contributed by atoms with van der Waals surface area (Å²) in [5, 5.41) is 0. The van der Waals surface area contributed by atoms with E-state index in [2.05, 4.69) is 53.4 Å². The molecule has 0 saturated carbocycles. The van der Waals surface area contributed by atoms with Gasteiger partial charge in [-0.15, -0.1) is 11.3 Å². The first-order valence-corrected chi connectivity index (χ1v) is 15.4. The second-order valence-electron chi connectivity index (χ2n) is 8.91. The highest BCUT2D eigenvalue weighted by Crippen LogP contribution is 2.46. The molecule has 0 radical (unpaired) electrons. The van der Waals surface area contributed by atoms with Gasteiger partial charge in [0.1, 0.15) is 8.42 Å². The molecule has 36 heavy (non-hydrogen) atoms. The standard InChI is InChI=1S/C27H24N2O4S3/c30-35(31,20-8-2-1-3-9-20)25-14-15-26(34-25)36(32,33)29-18-16-28(17-19-29)27-23-12-6-4-10-21(23)22-11-5-7-13-24(22)27/h1-15,27H,16-19H2. The predicted octanol–water partition coefficient (Wildman–Crippen LogP) is 4.66. The van der Waals surface area contributed by atoms with E-state index in [1.165, 1.54) is 50.8 Å². The van der Waals surface area contributed by atoms with Crippen molar-refractivity contribution in [2.45, 2.75) is 19.4 Å². The number of sulfonamides is 1. The highest BCUT2D eigenvalue weighted by atomic mass is 32.3. The Morgan fingerprint density at radius 3 is 1.75 bits per heavy atom. The molecular weight excluding hydrogens is 513 g/mol. The molecule has 1 aromatic heterocycles. The van der Waals surface area contributed by atoms with Crippen molar-refractivity contribution in [1.82, 2.24) is 9.21 Å². The maximum absolute atomic E-state index is 13.4. The molecule has 184 valence electrons. The monoisotopic (exact) mass is 536 g/mol. The number of hydrogen-bond acceptors (Lipinski definition) is 6. The molecule has 1 aliphatic heterocycles. The van der Waals surface area contributed by atoms with Crippen molar-refractivity contribution in [2.75, 3.05) is 26.2 Å². The number of fused-ring (bicyclic) bond motifs is 3. The summed E-state index contributed by atoms with van der Waals surface area (Å²) in [4.78, 5) is 2.50. The van der Waals surface area contributed by atoms with Crippen LogP contribution in [0.3, 0.4) is 0 Å². The van der Waals surface area contributed by atoms with Gasteiger partial charge in [-0.2, -0.15) is 4.31 Å². The van der Waals surface area contributed by atoms with Crippen LogP contribution in [0, 0.1) is 0 Å². The molecule has 1 fully saturated rings. The molecule has 0 N–H and O–H groups in total. The third kappa shape index (κ3) is 3.82. The van der Waals surface area contributed by atoms with Gasteiger partial charge in [-0.05, 0) is 46.5 Å².